The molecule has 0 aliphatic carbocycles. The molecular formula is C20H17NO5S. The number of nitrogens with one attached hydrogen (secondary N) is 1. The molecule has 3 rings (SSSR count). The fourth-order valence-corrected chi connectivity index (χ4v) is 3.30. The zero-order valence-corrected chi connectivity index (χ0v) is 15.3. The number of benzene rings is 2. The van der Waals surface area contributed by atoms with Crippen molar-refractivity contribution in [3.8, 4) is 22.6 Å². The van der Waals surface area contributed by atoms with Gasteiger partial charge < -0.3 is 19.9 Å². The number of carbonyl (C=O) groups is 2. The quantitative estimate of drug-likeness (QED) is 0.641. The summed E-state index contributed by atoms with van der Waals surface area (Å²) in [5, 5.41) is 13.5. The predicted molar refractivity (Wildman–Crippen MR) is 104 cm³/mol. The summed E-state index contributed by atoms with van der Waals surface area (Å²) in [6.45, 7) is -0.217. The molecular weight excluding hydrogens is 366 g/mol. The van der Waals surface area contributed by atoms with Crippen molar-refractivity contribution in [2.45, 2.75) is 0 Å². The van der Waals surface area contributed by atoms with E-state index in [0.29, 0.717) is 10.8 Å². The molecule has 2 N–H and O–H groups in total. The van der Waals surface area contributed by atoms with E-state index in [2.05, 4.69) is 5.32 Å². The Labute approximate surface area is 160 Å². The molecule has 0 atom stereocenters. The second kappa shape index (κ2) is 8.37. The molecule has 2 aromatic carbocycles. The Hall–Kier alpha value is -3.32. The van der Waals surface area contributed by atoms with E-state index in [1.165, 1.54) is 6.07 Å². The van der Waals surface area contributed by atoms with Crippen molar-refractivity contribution in [2.24, 2.45) is 0 Å². The van der Waals surface area contributed by atoms with E-state index in [1.54, 1.807) is 24.6 Å². The Morgan fingerprint density at radius 3 is 2.52 bits per heavy atom. The minimum atomic E-state index is -1.08. The SMILES string of the molecule is COc1ccccc1-c1ccc(OCC(=O)Nc2sccc2C(=O)O)cc1. The number of rotatable bonds is 7. The third-order valence-electron chi connectivity index (χ3n) is 3.79. The van der Waals surface area contributed by atoms with Gasteiger partial charge in [-0.3, -0.25) is 4.79 Å². The maximum atomic E-state index is 12.0. The van der Waals surface area contributed by atoms with E-state index in [-0.39, 0.29) is 12.2 Å². The molecule has 1 aromatic heterocycles. The van der Waals surface area contributed by atoms with Gasteiger partial charge in [0.1, 0.15) is 16.5 Å². The third-order valence-corrected chi connectivity index (χ3v) is 4.62. The van der Waals surface area contributed by atoms with Crippen LogP contribution in [-0.2, 0) is 4.79 Å². The van der Waals surface area contributed by atoms with E-state index in [9.17, 15) is 9.59 Å². The van der Waals surface area contributed by atoms with Gasteiger partial charge in [0, 0.05) is 5.56 Å². The van der Waals surface area contributed by atoms with Crippen LogP contribution in [0.2, 0.25) is 0 Å². The molecule has 27 heavy (non-hydrogen) atoms. The first-order valence-corrected chi connectivity index (χ1v) is 8.93. The minimum absolute atomic E-state index is 0.0644. The van der Waals surface area contributed by atoms with Gasteiger partial charge in [0.05, 0.1) is 12.7 Å². The Morgan fingerprint density at radius 1 is 1.07 bits per heavy atom. The molecule has 0 saturated heterocycles. The summed E-state index contributed by atoms with van der Waals surface area (Å²) in [7, 11) is 1.62. The molecule has 0 aliphatic heterocycles. The van der Waals surface area contributed by atoms with Gasteiger partial charge in [-0.1, -0.05) is 30.3 Å². The average molecular weight is 383 g/mol. The molecule has 0 fully saturated rings. The number of thiophene rings is 1. The number of hydrogen-bond donors (Lipinski definition) is 2. The Kier molecular flexibility index (Phi) is 5.73. The molecule has 138 valence electrons. The number of carboxylic acid groups (broad SMARTS) is 1. The molecule has 1 heterocycles. The minimum Gasteiger partial charge on any atom is -0.496 e. The van der Waals surface area contributed by atoms with Crippen LogP contribution in [0, 0.1) is 0 Å². The maximum Gasteiger partial charge on any atom is 0.338 e. The summed E-state index contributed by atoms with van der Waals surface area (Å²) < 4.78 is 10.8. The van der Waals surface area contributed by atoms with E-state index in [0.717, 1.165) is 28.2 Å². The summed E-state index contributed by atoms with van der Waals surface area (Å²) in [5.74, 6) is -0.197. The Morgan fingerprint density at radius 2 is 1.81 bits per heavy atom. The summed E-state index contributed by atoms with van der Waals surface area (Å²) in [6.07, 6.45) is 0. The molecule has 0 unspecified atom stereocenters. The van der Waals surface area contributed by atoms with Crippen LogP contribution in [0.3, 0.4) is 0 Å². The lowest BCUT2D eigenvalue weighted by Gasteiger charge is -2.10. The van der Waals surface area contributed by atoms with E-state index in [1.807, 2.05) is 36.4 Å². The highest BCUT2D eigenvalue weighted by Gasteiger charge is 2.14. The van der Waals surface area contributed by atoms with Crippen molar-refractivity contribution < 1.29 is 24.2 Å². The smallest absolute Gasteiger partial charge is 0.338 e. The third kappa shape index (κ3) is 4.45. The lowest BCUT2D eigenvalue weighted by Crippen LogP contribution is -2.20. The monoisotopic (exact) mass is 383 g/mol. The standard InChI is InChI=1S/C20H17NO5S/c1-25-17-5-3-2-4-15(17)13-6-8-14(9-7-13)26-12-18(22)21-19-16(20(23)24)10-11-27-19/h2-11H,12H2,1H3,(H,21,22)(H,23,24). The number of ether oxygens (including phenoxy) is 2. The van der Waals surface area contributed by atoms with E-state index in [4.69, 9.17) is 14.6 Å². The molecule has 0 radical (unpaired) electrons. The number of para-hydroxylation sites is 1. The number of amides is 1. The first-order chi connectivity index (χ1) is 13.1. The Bertz CT molecular complexity index is 949. The van der Waals surface area contributed by atoms with Crippen LogP contribution in [0.1, 0.15) is 10.4 Å². The number of anilines is 1. The van der Waals surface area contributed by atoms with Gasteiger partial charge in [-0.05, 0) is 35.2 Å². The zero-order chi connectivity index (χ0) is 19.2. The van der Waals surface area contributed by atoms with Crippen LogP contribution in [0.25, 0.3) is 11.1 Å². The van der Waals surface area contributed by atoms with Gasteiger partial charge in [-0.2, -0.15) is 0 Å². The predicted octanol–water partition coefficient (Wildman–Crippen LogP) is 4.14. The van der Waals surface area contributed by atoms with Gasteiger partial charge >= 0.3 is 5.97 Å². The number of hydrogen-bond acceptors (Lipinski definition) is 5. The Balaban J connectivity index is 1.61. The van der Waals surface area contributed by atoms with E-state index < -0.39 is 11.9 Å². The first kappa shape index (κ1) is 18.5. The summed E-state index contributed by atoms with van der Waals surface area (Å²) >= 11 is 1.15. The van der Waals surface area contributed by atoms with Crippen LogP contribution >= 0.6 is 11.3 Å². The average Bonchev–Trinajstić information content (AvgIpc) is 3.15. The van der Waals surface area contributed by atoms with Crippen molar-refractivity contribution in [3.05, 3.63) is 65.5 Å². The van der Waals surface area contributed by atoms with Crippen LogP contribution in [-0.4, -0.2) is 30.7 Å². The normalized spacial score (nSPS) is 10.3. The molecule has 3 aromatic rings. The molecule has 1 amide bonds. The van der Waals surface area contributed by atoms with Crippen molar-refractivity contribution in [3.63, 3.8) is 0 Å². The van der Waals surface area contributed by atoms with Gasteiger partial charge in [0.2, 0.25) is 0 Å². The summed E-state index contributed by atoms with van der Waals surface area (Å²) in [5.41, 5.74) is 1.99. The first-order valence-electron chi connectivity index (χ1n) is 8.05. The van der Waals surface area contributed by atoms with Crippen molar-refractivity contribution >= 4 is 28.2 Å². The van der Waals surface area contributed by atoms with Gasteiger partial charge in [-0.25, -0.2) is 4.79 Å². The lowest BCUT2D eigenvalue weighted by molar-refractivity contribution is -0.118. The summed E-state index contributed by atoms with van der Waals surface area (Å²) in [6, 6.07) is 16.4. The highest BCUT2D eigenvalue weighted by molar-refractivity contribution is 7.14. The molecule has 0 bridgehead atoms. The topological polar surface area (TPSA) is 84.9 Å². The van der Waals surface area contributed by atoms with E-state index >= 15 is 0 Å². The van der Waals surface area contributed by atoms with Crippen molar-refractivity contribution in [1.29, 1.82) is 0 Å². The number of carboxylic acids is 1. The van der Waals surface area contributed by atoms with Gasteiger partial charge in [-0.15, -0.1) is 11.3 Å². The van der Waals surface area contributed by atoms with Crippen LogP contribution in [0.4, 0.5) is 5.00 Å². The fourth-order valence-electron chi connectivity index (χ4n) is 2.50. The van der Waals surface area contributed by atoms with Crippen LogP contribution < -0.4 is 14.8 Å². The largest absolute Gasteiger partial charge is 0.496 e. The lowest BCUT2D eigenvalue weighted by atomic mass is 10.0. The van der Waals surface area contributed by atoms with Crippen LogP contribution in [0.5, 0.6) is 11.5 Å². The van der Waals surface area contributed by atoms with Crippen LogP contribution in [0.15, 0.2) is 60.0 Å². The highest BCUT2D eigenvalue weighted by atomic mass is 32.1. The summed E-state index contributed by atoms with van der Waals surface area (Å²) in [4.78, 5) is 23.0. The highest BCUT2D eigenvalue weighted by Crippen LogP contribution is 2.30. The molecule has 0 aliphatic rings. The second-order valence-electron chi connectivity index (χ2n) is 5.53. The number of methoxy groups -OCH3 is 1. The van der Waals surface area contributed by atoms with Crippen molar-refractivity contribution in [2.75, 3.05) is 19.0 Å². The number of aromatic carboxylic acids is 1. The molecule has 0 saturated carbocycles. The molecule has 0 spiro atoms. The van der Waals surface area contributed by atoms with Crippen molar-refractivity contribution in [1.82, 2.24) is 0 Å². The van der Waals surface area contributed by atoms with Gasteiger partial charge in [0.15, 0.2) is 6.61 Å². The maximum absolute atomic E-state index is 12.0. The number of carbonyl (C=O) groups excluding carboxylic acids is 1. The molecule has 6 nitrogen and oxygen atoms in total. The zero-order valence-electron chi connectivity index (χ0n) is 14.5. The molecule has 7 heteroatoms. The fraction of sp³-hybridized carbons (Fsp3) is 0.100. The van der Waals surface area contributed by atoms with Gasteiger partial charge in [0.25, 0.3) is 5.91 Å². The second-order valence-corrected chi connectivity index (χ2v) is 6.45.